The second-order valence-electron chi connectivity index (χ2n) is 16.0. The summed E-state index contributed by atoms with van der Waals surface area (Å²) in [4.78, 5) is 37.9. The summed E-state index contributed by atoms with van der Waals surface area (Å²) in [6.07, 6.45) is 69.1. The highest BCUT2D eigenvalue weighted by molar-refractivity contribution is 5.71. The normalized spacial score (nSPS) is 13.1. The molecule has 0 heterocycles. The van der Waals surface area contributed by atoms with Gasteiger partial charge in [0.1, 0.15) is 13.2 Å². The Kier molecular flexibility index (Phi) is 47.1. The molecule has 1 unspecified atom stereocenters. The van der Waals surface area contributed by atoms with E-state index >= 15 is 0 Å². The molecule has 0 aromatic carbocycles. The van der Waals surface area contributed by atoms with Gasteiger partial charge in [-0.25, -0.2) is 0 Å². The largest absolute Gasteiger partial charge is 0.462 e. The van der Waals surface area contributed by atoms with Gasteiger partial charge < -0.3 is 14.2 Å². The first-order chi connectivity index (χ1) is 31.0. The van der Waals surface area contributed by atoms with Crippen LogP contribution in [0, 0.1) is 0 Å². The van der Waals surface area contributed by atoms with Crippen LogP contribution in [0.3, 0.4) is 0 Å². The maximum atomic E-state index is 12.7. The van der Waals surface area contributed by atoms with E-state index in [4.69, 9.17) is 14.2 Å². The van der Waals surface area contributed by atoms with Gasteiger partial charge in [-0.05, 0) is 96.3 Å². The first kappa shape index (κ1) is 58.8. The first-order valence-corrected chi connectivity index (χ1v) is 25.0. The van der Waals surface area contributed by atoms with E-state index in [9.17, 15) is 14.4 Å². The molecule has 1 atom stereocenters. The number of unbranched alkanes of at least 4 members (excludes halogenated alkanes) is 12. The molecule has 63 heavy (non-hydrogen) atoms. The highest BCUT2D eigenvalue weighted by atomic mass is 16.6. The predicted octanol–water partition coefficient (Wildman–Crippen LogP) is 16.5. The van der Waals surface area contributed by atoms with Gasteiger partial charge in [-0.3, -0.25) is 14.4 Å². The van der Waals surface area contributed by atoms with Crippen molar-refractivity contribution in [3.8, 4) is 0 Å². The third-order valence-corrected chi connectivity index (χ3v) is 9.98. The molecular weight excluding hydrogens is 781 g/mol. The van der Waals surface area contributed by atoms with Crippen LogP contribution >= 0.6 is 0 Å². The molecule has 0 aromatic rings. The zero-order valence-electron chi connectivity index (χ0n) is 40.3. The lowest BCUT2D eigenvalue weighted by Gasteiger charge is -2.18. The number of hydrogen-bond donors (Lipinski definition) is 0. The lowest BCUT2D eigenvalue weighted by atomic mass is 10.1. The van der Waals surface area contributed by atoms with E-state index in [2.05, 4.69) is 130 Å². The third-order valence-electron chi connectivity index (χ3n) is 9.98. The van der Waals surface area contributed by atoms with Crippen molar-refractivity contribution >= 4 is 17.9 Å². The van der Waals surface area contributed by atoms with Gasteiger partial charge in [0, 0.05) is 19.3 Å². The van der Waals surface area contributed by atoms with Crippen molar-refractivity contribution < 1.29 is 28.6 Å². The lowest BCUT2D eigenvalue weighted by Crippen LogP contribution is -2.30. The fourth-order valence-corrected chi connectivity index (χ4v) is 6.28. The van der Waals surface area contributed by atoms with Gasteiger partial charge in [-0.1, -0.05) is 206 Å². The summed E-state index contributed by atoms with van der Waals surface area (Å²) >= 11 is 0. The lowest BCUT2D eigenvalue weighted by molar-refractivity contribution is -0.166. The summed E-state index contributed by atoms with van der Waals surface area (Å²) in [7, 11) is 0. The SMILES string of the molecule is CC/C=C\C/C=C\C/C=C\C/C=C\C/C=C\CCCCCC(=O)OCC(COC(=O)CCCCCCCCCCCC)OC(=O)CC/C=C\C/C=C\C/C=C\C/C=C\C/C=C\CC. The highest BCUT2D eigenvalue weighted by Gasteiger charge is 2.19. The number of ether oxygens (including phenoxy) is 3. The van der Waals surface area contributed by atoms with Gasteiger partial charge in [0.15, 0.2) is 6.10 Å². The Morgan fingerprint density at radius 3 is 1.03 bits per heavy atom. The molecule has 0 rings (SSSR count). The number of carbonyl (C=O) groups excluding carboxylic acids is 3. The number of allylic oxidation sites excluding steroid dienone is 20. The molecule has 0 spiro atoms. The van der Waals surface area contributed by atoms with Crippen molar-refractivity contribution in [1.82, 2.24) is 0 Å². The Morgan fingerprint density at radius 2 is 0.651 bits per heavy atom. The molecule has 0 aromatic heterocycles. The summed E-state index contributed by atoms with van der Waals surface area (Å²) in [6, 6.07) is 0. The fraction of sp³-hybridized carbons (Fsp3) is 0.596. The average molecular weight is 871 g/mol. The van der Waals surface area contributed by atoms with E-state index in [0.717, 1.165) is 109 Å². The van der Waals surface area contributed by atoms with E-state index in [1.54, 1.807) is 0 Å². The third kappa shape index (κ3) is 48.7. The molecule has 0 aliphatic carbocycles. The standard InChI is InChI=1S/C57H90O6/c1-4-7-10-13-16-19-22-24-26-28-29-30-32-33-35-38-41-44-47-50-56(59)62-53-54(52-61-55(58)49-46-43-40-37-21-18-15-12-9-6-3)63-57(60)51-48-45-42-39-36-34-31-27-25-23-20-17-14-11-8-5-2/h7-8,10-11,16-17,19-20,24-27,29-30,33-36,42,45,54H,4-6,9,12-15,18,21-23,28,31-32,37-41,43-44,46-53H2,1-3H3/b10-7-,11-8-,19-16-,20-17-,26-24-,27-25-,30-29-,35-33-,36-34-,45-42-. The van der Waals surface area contributed by atoms with Crippen molar-refractivity contribution in [2.75, 3.05) is 13.2 Å². The second kappa shape index (κ2) is 50.5. The molecule has 0 fully saturated rings. The molecule has 354 valence electrons. The zero-order valence-corrected chi connectivity index (χ0v) is 40.3. The van der Waals surface area contributed by atoms with Crippen LogP contribution in [0.25, 0.3) is 0 Å². The minimum absolute atomic E-state index is 0.121. The molecule has 0 aliphatic rings. The predicted molar refractivity (Wildman–Crippen MR) is 269 cm³/mol. The molecular formula is C57H90O6. The molecule has 0 N–H and O–H groups in total. The van der Waals surface area contributed by atoms with E-state index in [1.807, 2.05) is 12.2 Å². The van der Waals surface area contributed by atoms with Gasteiger partial charge in [0.2, 0.25) is 0 Å². The maximum Gasteiger partial charge on any atom is 0.306 e. The van der Waals surface area contributed by atoms with Gasteiger partial charge in [0.25, 0.3) is 0 Å². The summed E-state index contributed by atoms with van der Waals surface area (Å²) < 4.78 is 16.7. The van der Waals surface area contributed by atoms with Gasteiger partial charge in [-0.2, -0.15) is 0 Å². The van der Waals surface area contributed by atoms with Crippen LogP contribution in [-0.2, 0) is 28.6 Å². The van der Waals surface area contributed by atoms with Crippen LogP contribution in [0.1, 0.15) is 201 Å². The van der Waals surface area contributed by atoms with Crippen LogP contribution in [0.2, 0.25) is 0 Å². The Hall–Kier alpha value is -4.19. The summed E-state index contributed by atoms with van der Waals surface area (Å²) in [6.45, 7) is 6.28. The first-order valence-electron chi connectivity index (χ1n) is 25.0. The van der Waals surface area contributed by atoms with Gasteiger partial charge in [-0.15, -0.1) is 0 Å². The van der Waals surface area contributed by atoms with E-state index in [1.165, 1.54) is 44.9 Å². The minimum Gasteiger partial charge on any atom is -0.462 e. The van der Waals surface area contributed by atoms with Crippen LogP contribution < -0.4 is 0 Å². The Morgan fingerprint density at radius 1 is 0.333 bits per heavy atom. The number of hydrogen-bond acceptors (Lipinski definition) is 6. The van der Waals surface area contributed by atoms with E-state index < -0.39 is 12.1 Å². The van der Waals surface area contributed by atoms with Crippen molar-refractivity contribution in [2.45, 2.75) is 207 Å². The summed E-state index contributed by atoms with van der Waals surface area (Å²) in [5.41, 5.74) is 0. The Bertz CT molecular complexity index is 1370. The van der Waals surface area contributed by atoms with Gasteiger partial charge >= 0.3 is 17.9 Å². The molecule has 0 radical (unpaired) electrons. The fourth-order valence-electron chi connectivity index (χ4n) is 6.28. The minimum atomic E-state index is -0.832. The zero-order chi connectivity index (χ0) is 45.8. The van der Waals surface area contributed by atoms with Gasteiger partial charge in [0.05, 0.1) is 0 Å². The van der Waals surface area contributed by atoms with Crippen molar-refractivity contribution in [1.29, 1.82) is 0 Å². The van der Waals surface area contributed by atoms with Crippen molar-refractivity contribution in [2.24, 2.45) is 0 Å². The van der Waals surface area contributed by atoms with E-state index in [-0.39, 0.29) is 31.6 Å². The van der Waals surface area contributed by atoms with Crippen LogP contribution in [0.15, 0.2) is 122 Å². The van der Waals surface area contributed by atoms with E-state index in [0.29, 0.717) is 19.3 Å². The maximum absolute atomic E-state index is 12.7. The Labute approximate surface area is 386 Å². The molecule has 0 saturated carbocycles. The molecule has 0 bridgehead atoms. The van der Waals surface area contributed by atoms with Crippen LogP contribution in [-0.4, -0.2) is 37.2 Å². The summed E-state index contributed by atoms with van der Waals surface area (Å²) in [5, 5.41) is 0. The quantitative estimate of drug-likeness (QED) is 0.0263. The number of esters is 3. The molecule has 0 aliphatic heterocycles. The molecule has 6 heteroatoms. The van der Waals surface area contributed by atoms with Crippen molar-refractivity contribution in [3.63, 3.8) is 0 Å². The Balaban J connectivity index is 4.54. The topological polar surface area (TPSA) is 78.9 Å². The number of carbonyl (C=O) groups is 3. The second-order valence-corrected chi connectivity index (χ2v) is 16.0. The molecule has 0 saturated heterocycles. The smallest absolute Gasteiger partial charge is 0.306 e. The van der Waals surface area contributed by atoms with Crippen molar-refractivity contribution in [3.05, 3.63) is 122 Å². The highest BCUT2D eigenvalue weighted by Crippen LogP contribution is 2.13. The molecule has 0 amide bonds. The average Bonchev–Trinajstić information content (AvgIpc) is 3.28. The van der Waals surface area contributed by atoms with Crippen LogP contribution in [0.4, 0.5) is 0 Å². The monoisotopic (exact) mass is 871 g/mol. The molecule has 6 nitrogen and oxygen atoms in total. The van der Waals surface area contributed by atoms with Crippen LogP contribution in [0.5, 0.6) is 0 Å². The summed E-state index contributed by atoms with van der Waals surface area (Å²) in [5.74, 6) is -1.05. The number of rotatable bonds is 43.